The highest BCUT2D eigenvalue weighted by atomic mass is 19.1. The Morgan fingerprint density at radius 3 is 2.55 bits per heavy atom. The molecule has 0 radical (unpaired) electrons. The molecule has 0 bridgehead atoms. The monoisotopic (exact) mass is 402 g/mol. The quantitative estimate of drug-likeness (QED) is 0.436. The van der Waals surface area contributed by atoms with Gasteiger partial charge in [0.15, 0.2) is 11.8 Å². The molecule has 1 N–H and O–H groups in total. The van der Waals surface area contributed by atoms with E-state index in [2.05, 4.69) is 46.0 Å². The van der Waals surface area contributed by atoms with Gasteiger partial charge in [-0.25, -0.2) is 4.39 Å². The maximum Gasteiger partial charge on any atom is 0.226 e. The van der Waals surface area contributed by atoms with E-state index in [0.717, 1.165) is 63.0 Å². The normalized spacial score (nSPS) is 15.3. The number of hydrogen-bond acceptors (Lipinski definition) is 5. The molecular formula is C21H31FN6O. The molecule has 2 heterocycles. The van der Waals surface area contributed by atoms with Crippen LogP contribution in [0.15, 0.2) is 33.8 Å². The minimum Gasteiger partial charge on any atom is -0.368 e. The molecule has 1 aromatic heterocycles. The van der Waals surface area contributed by atoms with Gasteiger partial charge >= 0.3 is 0 Å². The Hall–Kier alpha value is -2.64. The third-order valence-corrected chi connectivity index (χ3v) is 4.92. The van der Waals surface area contributed by atoms with Gasteiger partial charge in [-0.3, -0.25) is 4.99 Å². The lowest BCUT2D eigenvalue weighted by atomic mass is 10.2. The zero-order chi connectivity index (χ0) is 20.6. The highest BCUT2D eigenvalue weighted by Crippen LogP contribution is 2.17. The summed E-state index contributed by atoms with van der Waals surface area (Å²) in [7, 11) is 0. The maximum absolute atomic E-state index is 13.1. The van der Waals surface area contributed by atoms with E-state index < -0.39 is 0 Å². The van der Waals surface area contributed by atoms with Crippen LogP contribution in [0.25, 0.3) is 0 Å². The number of nitrogens with one attached hydrogen (secondary N) is 1. The molecule has 0 amide bonds. The van der Waals surface area contributed by atoms with Crippen LogP contribution in [0.1, 0.15) is 44.8 Å². The summed E-state index contributed by atoms with van der Waals surface area (Å²) in [5, 5.41) is 7.39. The predicted molar refractivity (Wildman–Crippen MR) is 113 cm³/mol. The van der Waals surface area contributed by atoms with Crippen LogP contribution < -0.4 is 10.2 Å². The number of aromatic nitrogens is 2. The van der Waals surface area contributed by atoms with E-state index in [1.54, 1.807) is 0 Å². The smallest absolute Gasteiger partial charge is 0.226 e. The molecule has 0 atom stereocenters. The number of aryl methyl sites for hydroxylation is 1. The number of nitrogens with zero attached hydrogens (tertiary/aromatic N) is 5. The molecule has 1 aliphatic heterocycles. The molecule has 1 aliphatic rings. The molecule has 0 aliphatic carbocycles. The average molecular weight is 403 g/mol. The first-order valence-electron chi connectivity index (χ1n) is 10.4. The van der Waals surface area contributed by atoms with E-state index in [1.807, 2.05) is 12.1 Å². The number of anilines is 1. The van der Waals surface area contributed by atoms with Crippen molar-refractivity contribution in [3.05, 3.63) is 41.8 Å². The molecule has 0 spiro atoms. The molecule has 0 saturated carbocycles. The summed E-state index contributed by atoms with van der Waals surface area (Å²) < 4.78 is 18.4. The Morgan fingerprint density at radius 2 is 1.93 bits per heavy atom. The van der Waals surface area contributed by atoms with Gasteiger partial charge in [-0.05, 0) is 37.6 Å². The maximum atomic E-state index is 13.1. The fraction of sp³-hybridized carbons (Fsp3) is 0.571. The second kappa shape index (κ2) is 10.2. The Morgan fingerprint density at radius 1 is 1.21 bits per heavy atom. The van der Waals surface area contributed by atoms with Crippen LogP contribution in [0.3, 0.4) is 0 Å². The molecule has 1 fully saturated rings. The molecule has 0 unspecified atom stereocenters. The van der Waals surface area contributed by atoms with Gasteiger partial charge in [0.25, 0.3) is 0 Å². The number of guanidine groups is 1. The second-order valence-corrected chi connectivity index (χ2v) is 7.49. The summed E-state index contributed by atoms with van der Waals surface area (Å²) in [5.41, 5.74) is 1.06. The van der Waals surface area contributed by atoms with E-state index in [1.165, 1.54) is 12.1 Å². The summed E-state index contributed by atoms with van der Waals surface area (Å²) in [6, 6.07) is 6.71. The van der Waals surface area contributed by atoms with Gasteiger partial charge in [0.1, 0.15) is 5.82 Å². The van der Waals surface area contributed by atoms with E-state index in [4.69, 9.17) is 9.52 Å². The van der Waals surface area contributed by atoms with Crippen LogP contribution in [0.5, 0.6) is 0 Å². The summed E-state index contributed by atoms with van der Waals surface area (Å²) in [4.78, 5) is 13.8. The summed E-state index contributed by atoms with van der Waals surface area (Å²) in [6.45, 7) is 11.3. The number of aliphatic imine (C=N–C) groups is 1. The zero-order valence-corrected chi connectivity index (χ0v) is 17.6. The highest BCUT2D eigenvalue weighted by Gasteiger charge is 2.20. The number of rotatable bonds is 7. The van der Waals surface area contributed by atoms with Crippen molar-refractivity contribution in [3.8, 4) is 0 Å². The zero-order valence-electron chi connectivity index (χ0n) is 17.6. The van der Waals surface area contributed by atoms with Gasteiger partial charge < -0.3 is 19.6 Å². The molecule has 7 nitrogen and oxygen atoms in total. The van der Waals surface area contributed by atoms with Crippen molar-refractivity contribution in [2.45, 2.75) is 39.5 Å². The first kappa shape index (κ1) is 21.1. The molecule has 158 valence electrons. The third kappa shape index (κ3) is 5.92. The molecular weight excluding hydrogens is 371 g/mol. The third-order valence-electron chi connectivity index (χ3n) is 4.92. The lowest BCUT2D eigenvalue weighted by Gasteiger charge is -2.37. The Balaban J connectivity index is 1.49. The molecule has 2 aromatic rings. The van der Waals surface area contributed by atoms with E-state index in [-0.39, 0.29) is 11.7 Å². The van der Waals surface area contributed by atoms with Crippen molar-refractivity contribution >= 4 is 11.6 Å². The number of piperazine rings is 1. The number of halogens is 1. The van der Waals surface area contributed by atoms with Crippen molar-refractivity contribution in [1.82, 2.24) is 20.4 Å². The molecule has 1 saturated heterocycles. The van der Waals surface area contributed by atoms with Crippen LogP contribution in [0, 0.1) is 5.82 Å². The Labute approximate surface area is 172 Å². The van der Waals surface area contributed by atoms with E-state index >= 15 is 0 Å². The molecule has 29 heavy (non-hydrogen) atoms. The van der Waals surface area contributed by atoms with Gasteiger partial charge in [-0.15, -0.1) is 0 Å². The minimum absolute atomic E-state index is 0.199. The summed E-state index contributed by atoms with van der Waals surface area (Å²) >= 11 is 0. The summed E-state index contributed by atoms with van der Waals surface area (Å²) in [6.07, 6.45) is 1.60. The first-order valence-corrected chi connectivity index (χ1v) is 10.4. The first-order chi connectivity index (χ1) is 14.1. The standard InChI is InChI=1S/C21H31FN6O/c1-4-23-21(24-11-5-6-19-25-20(16(2)3)26-29-19)28-14-12-27(13-15-28)18-9-7-17(22)8-10-18/h7-10,16H,4-6,11-15H2,1-3H3,(H,23,24). The van der Waals surface area contributed by atoms with Gasteiger partial charge in [-0.2, -0.15) is 4.98 Å². The van der Waals surface area contributed by atoms with Crippen molar-refractivity contribution in [1.29, 1.82) is 0 Å². The van der Waals surface area contributed by atoms with Crippen molar-refractivity contribution in [2.75, 3.05) is 44.2 Å². The Kier molecular flexibility index (Phi) is 7.43. The second-order valence-electron chi connectivity index (χ2n) is 7.49. The topological polar surface area (TPSA) is 69.8 Å². The fourth-order valence-electron chi connectivity index (χ4n) is 3.27. The van der Waals surface area contributed by atoms with E-state index in [0.29, 0.717) is 12.4 Å². The van der Waals surface area contributed by atoms with Crippen LogP contribution in [-0.4, -0.2) is 60.3 Å². The van der Waals surface area contributed by atoms with E-state index in [9.17, 15) is 4.39 Å². The largest absolute Gasteiger partial charge is 0.368 e. The van der Waals surface area contributed by atoms with Gasteiger partial charge in [0.05, 0.1) is 0 Å². The fourth-order valence-corrected chi connectivity index (χ4v) is 3.27. The molecule has 3 rings (SSSR count). The van der Waals surface area contributed by atoms with Crippen LogP contribution in [0.4, 0.5) is 10.1 Å². The van der Waals surface area contributed by atoms with Crippen molar-refractivity contribution in [2.24, 2.45) is 4.99 Å². The van der Waals surface area contributed by atoms with Crippen LogP contribution in [0.2, 0.25) is 0 Å². The van der Waals surface area contributed by atoms with Gasteiger partial charge in [-0.1, -0.05) is 19.0 Å². The SMILES string of the molecule is CCNC(=NCCCc1nc(C(C)C)no1)N1CCN(c2ccc(F)cc2)CC1. The number of benzene rings is 1. The minimum atomic E-state index is -0.199. The summed E-state index contributed by atoms with van der Waals surface area (Å²) in [5.74, 6) is 2.46. The van der Waals surface area contributed by atoms with Crippen LogP contribution in [-0.2, 0) is 6.42 Å². The predicted octanol–water partition coefficient (Wildman–Crippen LogP) is 3.05. The lowest BCUT2D eigenvalue weighted by Crippen LogP contribution is -2.52. The Bertz CT molecular complexity index is 781. The molecule has 1 aromatic carbocycles. The van der Waals surface area contributed by atoms with Gasteiger partial charge in [0.2, 0.25) is 5.89 Å². The van der Waals surface area contributed by atoms with Crippen LogP contribution >= 0.6 is 0 Å². The number of hydrogen-bond donors (Lipinski definition) is 1. The molecule has 8 heteroatoms. The highest BCUT2D eigenvalue weighted by molar-refractivity contribution is 5.80. The van der Waals surface area contributed by atoms with Gasteiger partial charge in [0, 0.05) is 57.3 Å². The van der Waals surface area contributed by atoms with Crippen molar-refractivity contribution in [3.63, 3.8) is 0 Å². The average Bonchev–Trinajstić information content (AvgIpc) is 3.20. The van der Waals surface area contributed by atoms with Crippen molar-refractivity contribution < 1.29 is 8.91 Å². The lowest BCUT2D eigenvalue weighted by molar-refractivity contribution is 0.366.